The normalized spacial score (nSPS) is 10.9. The molecule has 0 saturated heterocycles. The van der Waals surface area contributed by atoms with Crippen LogP contribution in [0.4, 0.5) is 15.3 Å². The Morgan fingerprint density at radius 1 is 1.21 bits per heavy atom. The van der Waals surface area contributed by atoms with Crippen molar-refractivity contribution in [3.05, 3.63) is 70.9 Å². The molecule has 3 rings (SSSR count). The molecule has 0 saturated carbocycles. The summed E-state index contributed by atoms with van der Waals surface area (Å²) in [7, 11) is 0. The highest BCUT2D eigenvalue weighted by Crippen LogP contribution is 2.17. The molecule has 0 fully saturated rings. The van der Waals surface area contributed by atoms with Crippen LogP contribution in [0.5, 0.6) is 5.75 Å². The van der Waals surface area contributed by atoms with E-state index in [0.717, 1.165) is 11.1 Å². The molecule has 3 aromatic rings. The van der Waals surface area contributed by atoms with E-state index in [1.165, 1.54) is 23.5 Å². The van der Waals surface area contributed by atoms with Gasteiger partial charge in [-0.1, -0.05) is 24.3 Å². The summed E-state index contributed by atoms with van der Waals surface area (Å²) >= 11 is 1.38. The van der Waals surface area contributed by atoms with Crippen molar-refractivity contribution >= 4 is 28.5 Å². The van der Waals surface area contributed by atoms with Crippen LogP contribution < -0.4 is 15.9 Å². The summed E-state index contributed by atoms with van der Waals surface area (Å²) in [5.74, 6) is 0.786. The molecule has 1 heterocycles. The number of hydrazone groups is 1. The Hall–Kier alpha value is -2.93. The molecule has 0 amide bonds. The van der Waals surface area contributed by atoms with Crippen LogP contribution in [0.3, 0.4) is 0 Å². The average Bonchev–Trinajstić information content (AvgIpc) is 3.01. The fraction of sp³-hybridized carbons (Fsp3) is 0.0588. The lowest BCUT2D eigenvalue weighted by molar-refractivity contribution is 0.305. The van der Waals surface area contributed by atoms with Gasteiger partial charge in [0.05, 0.1) is 6.21 Å². The molecule has 0 bridgehead atoms. The lowest BCUT2D eigenvalue weighted by Crippen LogP contribution is -2.00. The quantitative estimate of drug-likeness (QED) is 0.526. The number of hydrogen-bond donors (Lipinski definition) is 2. The van der Waals surface area contributed by atoms with E-state index in [0.29, 0.717) is 23.3 Å². The third-order valence-electron chi connectivity index (χ3n) is 3.15. The van der Waals surface area contributed by atoms with Gasteiger partial charge in [-0.15, -0.1) is 11.3 Å². The van der Waals surface area contributed by atoms with Gasteiger partial charge in [-0.05, 0) is 29.8 Å². The first kappa shape index (κ1) is 15.9. The monoisotopic (exact) mass is 342 g/mol. The van der Waals surface area contributed by atoms with E-state index in [1.807, 2.05) is 24.3 Å². The van der Waals surface area contributed by atoms with Gasteiger partial charge in [0.2, 0.25) is 5.13 Å². The largest absolute Gasteiger partial charge is 0.489 e. The predicted molar refractivity (Wildman–Crippen MR) is 94.9 cm³/mol. The molecule has 0 unspecified atom stereocenters. The molecular weight excluding hydrogens is 327 g/mol. The Labute approximate surface area is 142 Å². The second kappa shape index (κ2) is 7.56. The van der Waals surface area contributed by atoms with Crippen molar-refractivity contribution in [1.82, 2.24) is 4.98 Å². The Morgan fingerprint density at radius 3 is 2.75 bits per heavy atom. The molecule has 24 heavy (non-hydrogen) atoms. The van der Waals surface area contributed by atoms with Crippen molar-refractivity contribution in [2.24, 2.45) is 5.10 Å². The van der Waals surface area contributed by atoms with Crippen LogP contribution in [0.2, 0.25) is 0 Å². The highest BCUT2D eigenvalue weighted by atomic mass is 32.1. The second-order valence-corrected chi connectivity index (χ2v) is 5.75. The zero-order chi connectivity index (χ0) is 16.8. The van der Waals surface area contributed by atoms with E-state index >= 15 is 0 Å². The third-order valence-corrected chi connectivity index (χ3v) is 3.91. The van der Waals surface area contributed by atoms with Crippen LogP contribution in [0.25, 0.3) is 0 Å². The molecule has 0 aliphatic carbocycles. The van der Waals surface area contributed by atoms with E-state index in [-0.39, 0.29) is 5.82 Å². The van der Waals surface area contributed by atoms with Gasteiger partial charge in [-0.2, -0.15) is 5.10 Å². The maximum Gasteiger partial charge on any atom is 0.205 e. The maximum absolute atomic E-state index is 12.9. The number of anilines is 2. The standard InChI is InChI=1S/C17H15FN4OS/c18-14-5-7-15(8-6-14)23-10-13-4-2-1-3-12(13)9-20-22-17-21-16(19)11-24-17/h1-9,11H,10,19H2,(H,21,22). The van der Waals surface area contributed by atoms with Gasteiger partial charge >= 0.3 is 0 Å². The first-order chi connectivity index (χ1) is 11.7. The highest BCUT2D eigenvalue weighted by molar-refractivity contribution is 7.14. The first-order valence-electron chi connectivity index (χ1n) is 7.17. The fourth-order valence-electron chi connectivity index (χ4n) is 1.98. The summed E-state index contributed by atoms with van der Waals surface area (Å²) in [6, 6.07) is 13.7. The van der Waals surface area contributed by atoms with Crippen LogP contribution in [0, 0.1) is 5.82 Å². The number of ether oxygens (including phenoxy) is 1. The number of thiazole rings is 1. The smallest absolute Gasteiger partial charge is 0.205 e. The highest BCUT2D eigenvalue weighted by Gasteiger charge is 2.02. The molecule has 0 radical (unpaired) electrons. The zero-order valence-electron chi connectivity index (χ0n) is 12.6. The van der Waals surface area contributed by atoms with E-state index in [1.54, 1.807) is 23.7 Å². The molecule has 122 valence electrons. The SMILES string of the molecule is Nc1csc(NN=Cc2ccccc2COc2ccc(F)cc2)n1. The minimum Gasteiger partial charge on any atom is -0.489 e. The lowest BCUT2D eigenvalue weighted by Gasteiger charge is -2.08. The first-order valence-corrected chi connectivity index (χ1v) is 8.05. The molecule has 2 aromatic carbocycles. The van der Waals surface area contributed by atoms with Crippen LogP contribution in [-0.4, -0.2) is 11.2 Å². The Morgan fingerprint density at radius 2 is 2.00 bits per heavy atom. The summed E-state index contributed by atoms with van der Waals surface area (Å²) in [4.78, 5) is 4.06. The summed E-state index contributed by atoms with van der Waals surface area (Å²) in [5.41, 5.74) is 10.3. The van der Waals surface area contributed by atoms with Crippen molar-refractivity contribution < 1.29 is 9.13 Å². The van der Waals surface area contributed by atoms with E-state index < -0.39 is 0 Å². The molecule has 0 spiro atoms. The molecule has 0 aliphatic rings. The lowest BCUT2D eigenvalue weighted by atomic mass is 10.1. The molecule has 5 nitrogen and oxygen atoms in total. The van der Waals surface area contributed by atoms with Crippen molar-refractivity contribution in [2.45, 2.75) is 6.61 Å². The zero-order valence-corrected chi connectivity index (χ0v) is 13.5. The van der Waals surface area contributed by atoms with Gasteiger partial charge in [0.15, 0.2) is 0 Å². The van der Waals surface area contributed by atoms with Crippen molar-refractivity contribution in [3.8, 4) is 5.75 Å². The number of halogens is 1. The molecule has 0 atom stereocenters. The summed E-state index contributed by atoms with van der Waals surface area (Å²) < 4.78 is 18.6. The minimum absolute atomic E-state index is 0.288. The number of aromatic nitrogens is 1. The van der Waals surface area contributed by atoms with Gasteiger partial charge in [-0.3, -0.25) is 5.43 Å². The summed E-state index contributed by atoms with van der Waals surface area (Å²) in [6.07, 6.45) is 1.70. The fourth-order valence-corrected chi connectivity index (χ4v) is 2.53. The predicted octanol–water partition coefficient (Wildman–Crippen LogP) is 3.89. The van der Waals surface area contributed by atoms with Gasteiger partial charge in [0.25, 0.3) is 0 Å². The van der Waals surface area contributed by atoms with Crippen molar-refractivity contribution in [1.29, 1.82) is 0 Å². The molecule has 3 N–H and O–H groups in total. The third kappa shape index (κ3) is 4.30. The Balaban J connectivity index is 1.65. The number of nitrogens with two attached hydrogens (primary N) is 1. The number of nitrogens with zero attached hydrogens (tertiary/aromatic N) is 2. The Bertz CT molecular complexity index is 833. The van der Waals surface area contributed by atoms with Crippen molar-refractivity contribution in [3.63, 3.8) is 0 Å². The van der Waals surface area contributed by atoms with Gasteiger partial charge in [-0.25, -0.2) is 9.37 Å². The summed E-state index contributed by atoms with van der Waals surface area (Å²) in [5, 5.41) is 6.53. The molecular formula is C17H15FN4OS. The number of benzene rings is 2. The van der Waals surface area contributed by atoms with Gasteiger partial charge in [0, 0.05) is 10.9 Å². The second-order valence-electron chi connectivity index (χ2n) is 4.89. The number of nitrogens with one attached hydrogen (secondary N) is 1. The summed E-state index contributed by atoms with van der Waals surface area (Å²) in [6.45, 7) is 0.359. The van der Waals surface area contributed by atoms with Crippen LogP contribution in [-0.2, 0) is 6.61 Å². The molecule has 7 heteroatoms. The average molecular weight is 342 g/mol. The van der Waals surface area contributed by atoms with E-state index in [9.17, 15) is 4.39 Å². The molecule has 0 aliphatic heterocycles. The van der Waals surface area contributed by atoms with Crippen LogP contribution in [0.1, 0.15) is 11.1 Å². The van der Waals surface area contributed by atoms with Crippen LogP contribution in [0.15, 0.2) is 59.0 Å². The number of nitrogen functional groups attached to an aromatic ring is 1. The van der Waals surface area contributed by atoms with E-state index in [2.05, 4.69) is 15.5 Å². The Kier molecular flexibility index (Phi) is 5.02. The van der Waals surface area contributed by atoms with E-state index in [4.69, 9.17) is 10.5 Å². The van der Waals surface area contributed by atoms with Gasteiger partial charge in [0.1, 0.15) is 24.0 Å². The molecule has 1 aromatic heterocycles. The van der Waals surface area contributed by atoms with Crippen LogP contribution >= 0.6 is 11.3 Å². The topological polar surface area (TPSA) is 72.5 Å². The van der Waals surface area contributed by atoms with Gasteiger partial charge < -0.3 is 10.5 Å². The number of rotatable bonds is 6. The maximum atomic E-state index is 12.9. The number of hydrogen-bond acceptors (Lipinski definition) is 6. The van der Waals surface area contributed by atoms with Crippen molar-refractivity contribution in [2.75, 3.05) is 11.2 Å². The minimum atomic E-state index is -0.288.